The first-order valence-electron chi connectivity index (χ1n) is 6.21. The number of anilines is 2. The molecule has 0 saturated heterocycles. The molecule has 1 heterocycles. The summed E-state index contributed by atoms with van der Waals surface area (Å²) in [6, 6.07) is 15.8. The molecule has 0 aliphatic carbocycles. The minimum absolute atomic E-state index is 0.466. The minimum atomic E-state index is 0.466. The fraction of sp³-hybridized carbons (Fsp3) is 0.133. The second-order valence-electron chi connectivity index (χ2n) is 4.04. The smallest absolute Gasteiger partial charge is 0.300 e. The SMILES string of the molecule is CCOc1ccccc1Nc1nc2ccccc2o1. The van der Waals surface area contributed by atoms with E-state index in [1.165, 1.54) is 0 Å². The number of oxazole rings is 1. The Morgan fingerprint density at radius 3 is 2.74 bits per heavy atom. The number of fused-ring (bicyclic) bond motifs is 1. The van der Waals surface area contributed by atoms with Crippen molar-refractivity contribution in [2.45, 2.75) is 6.92 Å². The Labute approximate surface area is 111 Å². The van der Waals surface area contributed by atoms with Crippen LogP contribution in [0.15, 0.2) is 52.9 Å². The van der Waals surface area contributed by atoms with Crippen molar-refractivity contribution >= 4 is 22.8 Å². The Kier molecular flexibility index (Phi) is 3.06. The highest BCUT2D eigenvalue weighted by molar-refractivity contribution is 5.75. The van der Waals surface area contributed by atoms with Crippen molar-refractivity contribution < 1.29 is 9.15 Å². The molecule has 0 amide bonds. The van der Waals surface area contributed by atoms with Gasteiger partial charge in [0.15, 0.2) is 5.58 Å². The van der Waals surface area contributed by atoms with Gasteiger partial charge in [-0.25, -0.2) is 0 Å². The highest BCUT2D eigenvalue weighted by Gasteiger charge is 2.08. The summed E-state index contributed by atoms with van der Waals surface area (Å²) >= 11 is 0. The van der Waals surface area contributed by atoms with Gasteiger partial charge in [-0.1, -0.05) is 24.3 Å². The van der Waals surface area contributed by atoms with Crippen molar-refractivity contribution in [2.24, 2.45) is 0 Å². The molecule has 2 aromatic carbocycles. The van der Waals surface area contributed by atoms with Gasteiger partial charge in [0.25, 0.3) is 6.01 Å². The van der Waals surface area contributed by atoms with Gasteiger partial charge in [0.2, 0.25) is 0 Å². The van der Waals surface area contributed by atoms with Gasteiger partial charge in [-0.15, -0.1) is 0 Å². The third-order valence-electron chi connectivity index (χ3n) is 2.72. The van der Waals surface area contributed by atoms with E-state index in [1.54, 1.807) is 0 Å². The second-order valence-corrected chi connectivity index (χ2v) is 4.04. The van der Waals surface area contributed by atoms with Crippen LogP contribution in [-0.2, 0) is 0 Å². The van der Waals surface area contributed by atoms with Gasteiger partial charge in [-0.05, 0) is 31.2 Å². The molecule has 0 radical (unpaired) electrons. The van der Waals surface area contributed by atoms with E-state index >= 15 is 0 Å². The molecule has 96 valence electrons. The van der Waals surface area contributed by atoms with Gasteiger partial charge in [0, 0.05) is 0 Å². The maximum atomic E-state index is 5.63. The molecule has 3 rings (SSSR count). The van der Waals surface area contributed by atoms with Crippen molar-refractivity contribution in [3.05, 3.63) is 48.5 Å². The quantitative estimate of drug-likeness (QED) is 0.765. The average Bonchev–Trinajstić information content (AvgIpc) is 2.83. The van der Waals surface area contributed by atoms with Crippen LogP contribution in [0.4, 0.5) is 11.7 Å². The predicted octanol–water partition coefficient (Wildman–Crippen LogP) is 3.97. The monoisotopic (exact) mass is 254 g/mol. The van der Waals surface area contributed by atoms with Crippen molar-refractivity contribution in [2.75, 3.05) is 11.9 Å². The van der Waals surface area contributed by atoms with E-state index in [0.29, 0.717) is 12.6 Å². The average molecular weight is 254 g/mol. The van der Waals surface area contributed by atoms with Crippen molar-refractivity contribution in [1.29, 1.82) is 0 Å². The molecule has 3 aromatic rings. The van der Waals surface area contributed by atoms with E-state index in [-0.39, 0.29) is 0 Å². The summed E-state index contributed by atoms with van der Waals surface area (Å²) in [6.07, 6.45) is 0. The van der Waals surface area contributed by atoms with Crippen LogP contribution in [0.2, 0.25) is 0 Å². The number of nitrogens with zero attached hydrogens (tertiary/aromatic N) is 1. The summed E-state index contributed by atoms with van der Waals surface area (Å²) in [4.78, 5) is 4.38. The Morgan fingerprint density at radius 1 is 1.11 bits per heavy atom. The Balaban J connectivity index is 1.92. The van der Waals surface area contributed by atoms with Crippen molar-refractivity contribution in [1.82, 2.24) is 4.98 Å². The van der Waals surface area contributed by atoms with Crippen molar-refractivity contribution in [3.63, 3.8) is 0 Å². The molecule has 1 aromatic heterocycles. The summed E-state index contributed by atoms with van der Waals surface area (Å²) < 4.78 is 11.2. The lowest BCUT2D eigenvalue weighted by Crippen LogP contribution is -1.97. The van der Waals surface area contributed by atoms with Crippen LogP contribution in [-0.4, -0.2) is 11.6 Å². The summed E-state index contributed by atoms with van der Waals surface area (Å²) in [5.41, 5.74) is 2.44. The lowest BCUT2D eigenvalue weighted by Gasteiger charge is -2.09. The van der Waals surface area contributed by atoms with Gasteiger partial charge in [0.05, 0.1) is 12.3 Å². The summed E-state index contributed by atoms with van der Waals surface area (Å²) in [7, 11) is 0. The fourth-order valence-electron chi connectivity index (χ4n) is 1.89. The molecule has 0 aliphatic rings. The molecule has 0 spiro atoms. The van der Waals surface area contributed by atoms with Gasteiger partial charge in [-0.3, -0.25) is 0 Å². The maximum Gasteiger partial charge on any atom is 0.300 e. The number of rotatable bonds is 4. The summed E-state index contributed by atoms with van der Waals surface area (Å²) in [6.45, 7) is 2.57. The van der Waals surface area contributed by atoms with Gasteiger partial charge in [-0.2, -0.15) is 4.98 Å². The summed E-state index contributed by atoms with van der Waals surface area (Å²) in [5, 5.41) is 3.14. The number of hydrogen-bond donors (Lipinski definition) is 1. The highest BCUT2D eigenvalue weighted by Crippen LogP contribution is 2.28. The van der Waals surface area contributed by atoms with Crippen LogP contribution in [0, 0.1) is 0 Å². The lowest BCUT2D eigenvalue weighted by atomic mass is 10.3. The molecule has 0 unspecified atom stereocenters. The molecule has 4 nitrogen and oxygen atoms in total. The van der Waals surface area contributed by atoms with E-state index in [4.69, 9.17) is 9.15 Å². The van der Waals surface area contributed by atoms with Gasteiger partial charge >= 0.3 is 0 Å². The number of para-hydroxylation sites is 4. The molecule has 0 fully saturated rings. The number of benzene rings is 2. The Bertz CT molecular complexity index is 658. The Morgan fingerprint density at radius 2 is 1.89 bits per heavy atom. The highest BCUT2D eigenvalue weighted by atomic mass is 16.5. The molecular weight excluding hydrogens is 240 g/mol. The maximum absolute atomic E-state index is 5.63. The molecule has 0 bridgehead atoms. The molecule has 19 heavy (non-hydrogen) atoms. The second kappa shape index (κ2) is 5.02. The first-order chi connectivity index (χ1) is 9.36. The van der Waals surface area contributed by atoms with Crippen LogP contribution in [0.1, 0.15) is 6.92 Å². The minimum Gasteiger partial charge on any atom is -0.492 e. The van der Waals surface area contributed by atoms with Crippen LogP contribution < -0.4 is 10.1 Å². The normalized spacial score (nSPS) is 10.6. The molecular formula is C15H14N2O2. The van der Waals surface area contributed by atoms with Gasteiger partial charge < -0.3 is 14.5 Å². The zero-order chi connectivity index (χ0) is 13.1. The van der Waals surface area contributed by atoms with Crippen LogP contribution in [0.5, 0.6) is 5.75 Å². The van der Waals surface area contributed by atoms with Crippen LogP contribution in [0.3, 0.4) is 0 Å². The molecule has 1 N–H and O–H groups in total. The zero-order valence-electron chi connectivity index (χ0n) is 10.6. The predicted molar refractivity (Wildman–Crippen MR) is 74.9 cm³/mol. The van der Waals surface area contributed by atoms with Crippen molar-refractivity contribution in [3.8, 4) is 5.75 Å². The number of aromatic nitrogens is 1. The van der Waals surface area contributed by atoms with E-state index in [9.17, 15) is 0 Å². The first-order valence-corrected chi connectivity index (χ1v) is 6.21. The zero-order valence-corrected chi connectivity index (χ0v) is 10.6. The fourth-order valence-corrected chi connectivity index (χ4v) is 1.89. The third-order valence-corrected chi connectivity index (χ3v) is 2.72. The summed E-state index contributed by atoms with van der Waals surface area (Å²) in [5.74, 6) is 0.784. The third kappa shape index (κ3) is 2.38. The standard InChI is InChI=1S/C15H14N2O2/c1-2-18-13-9-5-3-7-11(13)16-15-17-12-8-4-6-10-14(12)19-15/h3-10H,2H2,1H3,(H,16,17). The molecule has 0 atom stereocenters. The van der Waals surface area contributed by atoms with E-state index < -0.39 is 0 Å². The van der Waals surface area contributed by atoms with Gasteiger partial charge in [0.1, 0.15) is 11.3 Å². The van der Waals surface area contributed by atoms with E-state index in [1.807, 2.05) is 55.5 Å². The number of ether oxygens (including phenoxy) is 1. The number of hydrogen-bond acceptors (Lipinski definition) is 4. The lowest BCUT2D eigenvalue weighted by molar-refractivity contribution is 0.342. The molecule has 0 aliphatic heterocycles. The first kappa shape index (κ1) is 11.6. The Hall–Kier alpha value is -2.49. The van der Waals surface area contributed by atoms with Crippen LogP contribution >= 0.6 is 0 Å². The largest absolute Gasteiger partial charge is 0.492 e. The van der Waals surface area contributed by atoms with E-state index in [0.717, 1.165) is 22.5 Å². The van der Waals surface area contributed by atoms with Crippen LogP contribution in [0.25, 0.3) is 11.1 Å². The van der Waals surface area contributed by atoms with E-state index in [2.05, 4.69) is 10.3 Å². The topological polar surface area (TPSA) is 47.3 Å². The molecule has 4 heteroatoms. The number of nitrogens with one attached hydrogen (secondary N) is 1. The molecule has 0 saturated carbocycles.